The van der Waals surface area contributed by atoms with Crippen LogP contribution in [0.25, 0.3) is 0 Å². The fraction of sp³-hybridized carbons (Fsp3) is 0.857. The lowest BCUT2D eigenvalue weighted by atomic mass is 10.2. The van der Waals surface area contributed by atoms with E-state index >= 15 is 0 Å². The zero-order valence-corrected chi connectivity index (χ0v) is 13.0. The fourth-order valence-corrected chi connectivity index (χ4v) is 0.956. The molecule has 0 aliphatic heterocycles. The van der Waals surface area contributed by atoms with Crippen molar-refractivity contribution in [1.82, 2.24) is 0 Å². The molecule has 0 N–H and O–H groups in total. The fourth-order valence-electron chi connectivity index (χ4n) is 0.956. The summed E-state index contributed by atoms with van der Waals surface area (Å²) >= 11 is 0. The van der Waals surface area contributed by atoms with Gasteiger partial charge in [0.15, 0.2) is 11.5 Å². The van der Waals surface area contributed by atoms with Gasteiger partial charge in [0.25, 0.3) is 0 Å². The SMILES string of the molecule is CCC(OOC(C)(C)C)=C(CC)OOC(C)(C)C. The highest BCUT2D eigenvalue weighted by molar-refractivity contribution is 4.99. The molecule has 0 aromatic heterocycles. The smallest absolute Gasteiger partial charge is 0.183 e. The Balaban J connectivity index is 4.62. The Morgan fingerprint density at radius 2 is 0.944 bits per heavy atom. The van der Waals surface area contributed by atoms with Gasteiger partial charge in [0, 0.05) is 12.8 Å². The van der Waals surface area contributed by atoms with Crippen molar-refractivity contribution >= 4 is 0 Å². The zero-order chi connectivity index (χ0) is 14.4. The van der Waals surface area contributed by atoms with E-state index in [1.807, 2.05) is 55.4 Å². The van der Waals surface area contributed by atoms with Crippen LogP contribution in [-0.2, 0) is 19.6 Å². The molecule has 0 aromatic carbocycles. The summed E-state index contributed by atoms with van der Waals surface area (Å²) in [4.78, 5) is 21.3. The summed E-state index contributed by atoms with van der Waals surface area (Å²) in [7, 11) is 0. The Bertz CT molecular complexity index is 240. The first kappa shape index (κ1) is 17.3. The molecule has 0 aromatic rings. The summed E-state index contributed by atoms with van der Waals surface area (Å²) in [5, 5.41) is 0. The monoisotopic (exact) mass is 260 g/mol. The van der Waals surface area contributed by atoms with Crippen molar-refractivity contribution in [2.45, 2.75) is 79.4 Å². The molecule has 0 saturated carbocycles. The van der Waals surface area contributed by atoms with E-state index in [1.54, 1.807) is 0 Å². The van der Waals surface area contributed by atoms with Crippen LogP contribution >= 0.6 is 0 Å². The second kappa shape index (κ2) is 7.00. The third-order valence-corrected chi connectivity index (χ3v) is 1.74. The summed E-state index contributed by atoms with van der Waals surface area (Å²) in [6.07, 6.45) is 1.37. The molecule has 0 atom stereocenters. The number of allylic oxidation sites excluding steroid dienone is 2. The Morgan fingerprint density at radius 3 is 1.11 bits per heavy atom. The van der Waals surface area contributed by atoms with E-state index in [-0.39, 0.29) is 11.2 Å². The highest BCUT2D eigenvalue weighted by Gasteiger charge is 2.18. The van der Waals surface area contributed by atoms with Crippen LogP contribution in [0.2, 0.25) is 0 Å². The molecule has 0 heterocycles. The summed E-state index contributed by atoms with van der Waals surface area (Å²) in [6, 6.07) is 0. The average Bonchev–Trinajstić information content (AvgIpc) is 2.20. The number of hydrogen-bond acceptors (Lipinski definition) is 4. The second-order valence-corrected chi connectivity index (χ2v) is 6.11. The molecule has 0 saturated heterocycles. The molecule has 18 heavy (non-hydrogen) atoms. The van der Waals surface area contributed by atoms with Crippen LogP contribution < -0.4 is 0 Å². The second-order valence-electron chi connectivity index (χ2n) is 6.11. The molecule has 108 valence electrons. The van der Waals surface area contributed by atoms with Gasteiger partial charge in [-0.2, -0.15) is 9.78 Å². The van der Waals surface area contributed by atoms with E-state index in [2.05, 4.69) is 0 Å². The third-order valence-electron chi connectivity index (χ3n) is 1.74. The first-order valence-corrected chi connectivity index (χ1v) is 6.52. The van der Waals surface area contributed by atoms with Crippen molar-refractivity contribution in [1.29, 1.82) is 0 Å². The summed E-state index contributed by atoms with van der Waals surface area (Å²) in [6.45, 7) is 15.5. The predicted molar refractivity (Wildman–Crippen MR) is 71.5 cm³/mol. The lowest BCUT2D eigenvalue weighted by Gasteiger charge is -2.22. The van der Waals surface area contributed by atoms with Gasteiger partial charge < -0.3 is 9.78 Å². The van der Waals surface area contributed by atoms with E-state index in [1.165, 1.54) is 0 Å². The third kappa shape index (κ3) is 8.37. The quantitative estimate of drug-likeness (QED) is 0.400. The normalized spacial score (nSPS) is 14.2. The minimum Gasteiger partial charge on any atom is -0.338 e. The van der Waals surface area contributed by atoms with Crippen molar-refractivity contribution < 1.29 is 19.6 Å². The standard InChI is InChI=1S/C14H28O4/c1-9-11(15-17-13(3,4)5)12(10-2)16-18-14(6,7)8/h9-10H2,1-8H3. The van der Waals surface area contributed by atoms with Crippen molar-refractivity contribution in [3.8, 4) is 0 Å². The van der Waals surface area contributed by atoms with Gasteiger partial charge in [-0.25, -0.2) is 0 Å². The highest BCUT2D eigenvalue weighted by atomic mass is 17.2. The van der Waals surface area contributed by atoms with Crippen LogP contribution in [0.5, 0.6) is 0 Å². The molecule has 0 unspecified atom stereocenters. The van der Waals surface area contributed by atoms with Crippen LogP contribution in [0.15, 0.2) is 11.5 Å². The minimum atomic E-state index is -0.357. The number of hydrogen-bond donors (Lipinski definition) is 0. The molecular weight excluding hydrogens is 232 g/mol. The average molecular weight is 260 g/mol. The Morgan fingerprint density at radius 1 is 0.667 bits per heavy atom. The molecule has 0 radical (unpaired) electrons. The number of rotatable bonds is 6. The van der Waals surface area contributed by atoms with Gasteiger partial charge in [0.2, 0.25) is 0 Å². The van der Waals surface area contributed by atoms with Crippen molar-refractivity contribution in [3.05, 3.63) is 11.5 Å². The van der Waals surface area contributed by atoms with Gasteiger partial charge >= 0.3 is 0 Å². The maximum absolute atomic E-state index is 5.35. The van der Waals surface area contributed by atoms with Crippen molar-refractivity contribution in [2.75, 3.05) is 0 Å². The first-order chi connectivity index (χ1) is 8.09. The van der Waals surface area contributed by atoms with Crippen LogP contribution in [0.4, 0.5) is 0 Å². The van der Waals surface area contributed by atoms with Gasteiger partial charge in [-0.15, -0.1) is 0 Å². The summed E-state index contributed by atoms with van der Waals surface area (Å²) < 4.78 is 0. The topological polar surface area (TPSA) is 36.9 Å². The van der Waals surface area contributed by atoms with Gasteiger partial charge in [-0.05, 0) is 41.5 Å². The molecular formula is C14H28O4. The Labute approximate surface area is 111 Å². The molecule has 0 spiro atoms. The maximum Gasteiger partial charge on any atom is 0.183 e. The van der Waals surface area contributed by atoms with Gasteiger partial charge in [-0.3, -0.25) is 0 Å². The Kier molecular flexibility index (Phi) is 6.71. The van der Waals surface area contributed by atoms with E-state index in [0.717, 1.165) is 0 Å². The molecule has 0 aliphatic rings. The van der Waals surface area contributed by atoms with E-state index in [0.29, 0.717) is 24.4 Å². The first-order valence-electron chi connectivity index (χ1n) is 6.52. The van der Waals surface area contributed by atoms with Crippen LogP contribution in [0.3, 0.4) is 0 Å². The van der Waals surface area contributed by atoms with Crippen LogP contribution in [-0.4, -0.2) is 11.2 Å². The van der Waals surface area contributed by atoms with E-state index < -0.39 is 0 Å². The van der Waals surface area contributed by atoms with E-state index in [4.69, 9.17) is 19.6 Å². The van der Waals surface area contributed by atoms with Crippen LogP contribution in [0, 0.1) is 0 Å². The van der Waals surface area contributed by atoms with Gasteiger partial charge in [0.05, 0.1) is 0 Å². The molecule has 0 fully saturated rings. The van der Waals surface area contributed by atoms with Gasteiger partial charge in [0.1, 0.15) is 11.2 Å². The summed E-state index contributed by atoms with van der Waals surface area (Å²) in [5.41, 5.74) is -0.714. The van der Waals surface area contributed by atoms with Gasteiger partial charge in [-0.1, -0.05) is 13.8 Å². The molecule has 4 heteroatoms. The molecule has 4 nitrogen and oxygen atoms in total. The van der Waals surface area contributed by atoms with Crippen molar-refractivity contribution in [3.63, 3.8) is 0 Å². The largest absolute Gasteiger partial charge is 0.338 e. The molecule has 0 aliphatic carbocycles. The summed E-state index contributed by atoms with van der Waals surface area (Å²) in [5.74, 6) is 1.33. The maximum atomic E-state index is 5.35. The molecule has 0 rings (SSSR count). The molecule has 0 amide bonds. The van der Waals surface area contributed by atoms with E-state index in [9.17, 15) is 0 Å². The minimum absolute atomic E-state index is 0.357. The lowest BCUT2D eigenvalue weighted by molar-refractivity contribution is -0.345. The molecule has 0 bridgehead atoms. The predicted octanol–water partition coefficient (Wildman–Crippen LogP) is 4.51. The van der Waals surface area contributed by atoms with Crippen LogP contribution in [0.1, 0.15) is 68.2 Å². The zero-order valence-electron chi connectivity index (χ0n) is 13.0. The Hall–Kier alpha value is -0.740. The lowest BCUT2D eigenvalue weighted by Crippen LogP contribution is -2.21. The van der Waals surface area contributed by atoms with Crippen molar-refractivity contribution in [2.24, 2.45) is 0 Å². The highest BCUT2D eigenvalue weighted by Crippen LogP contribution is 2.21.